The van der Waals surface area contributed by atoms with Crippen molar-refractivity contribution in [2.45, 2.75) is 39.2 Å². The molecule has 0 rings (SSSR count). The summed E-state index contributed by atoms with van der Waals surface area (Å²) in [4.78, 5) is 0. The molecule has 2 atom stereocenters. The highest BCUT2D eigenvalue weighted by atomic mass is 16.5. The molecule has 0 spiro atoms. The number of hydrogen-bond acceptors (Lipinski definition) is 2. The van der Waals surface area contributed by atoms with Gasteiger partial charge in [0.1, 0.15) is 0 Å². The van der Waals surface area contributed by atoms with Gasteiger partial charge in [-0.05, 0) is 32.2 Å². The molecule has 0 fully saturated rings. The maximum atomic E-state index is 5.13. The topological polar surface area (TPSA) is 21.3 Å². The van der Waals surface area contributed by atoms with Crippen LogP contribution in [0.15, 0.2) is 12.2 Å². The van der Waals surface area contributed by atoms with Gasteiger partial charge >= 0.3 is 0 Å². The van der Waals surface area contributed by atoms with Crippen LogP contribution in [-0.2, 0) is 4.74 Å². The molecule has 0 saturated heterocycles. The lowest BCUT2D eigenvalue weighted by atomic mass is 9.96. The lowest BCUT2D eigenvalue weighted by Gasteiger charge is -2.20. The van der Waals surface area contributed by atoms with Gasteiger partial charge in [0.2, 0.25) is 0 Å². The van der Waals surface area contributed by atoms with Crippen molar-refractivity contribution in [3.63, 3.8) is 0 Å². The molecule has 0 saturated carbocycles. The molecule has 2 nitrogen and oxygen atoms in total. The number of hydrogen-bond donors (Lipinski definition) is 1. The first-order chi connectivity index (χ1) is 6.63. The minimum absolute atomic E-state index is 0.549. The van der Waals surface area contributed by atoms with E-state index in [-0.39, 0.29) is 0 Å². The summed E-state index contributed by atoms with van der Waals surface area (Å²) in [6.07, 6.45) is 3.32. The summed E-state index contributed by atoms with van der Waals surface area (Å²) in [7, 11) is 3.78. The van der Waals surface area contributed by atoms with E-state index in [9.17, 15) is 0 Å². The van der Waals surface area contributed by atoms with Gasteiger partial charge in [0, 0.05) is 19.8 Å². The van der Waals surface area contributed by atoms with Crippen LogP contribution in [0.3, 0.4) is 0 Å². The van der Waals surface area contributed by atoms with Crippen LogP contribution in [0.1, 0.15) is 33.1 Å². The van der Waals surface area contributed by atoms with E-state index in [1.165, 1.54) is 5.57 Å². The van der Waals surface area contributed by atoms with Gasteiger partial charge in [-0.1, -0.05) is 26.0 Å². The minimum atomic E-state index is 0.549. The zero-order valence-electron chi connectivity index (χ0n) is 10.1. The Hall–Kier alpha value is -0.340. The molecule has 0 aliphatic rings. The predicted octanol–water partition coefficient (Wildman–Crippen LogP) is 2.60. The molecule has 2 unspecified atom stereocenters. The van der Waals surface area contributed by atoms with Gasteiger partial charge in [-0.3, -0.25) is 0 Å². The Morgan fingerprint density at radius 1 is 1.50 bits per heavy atom. The van der Waals surface area contributed by atoms with Crippen LogP contribution in [0.2, 0.25) is 0 Å². The maximum absolute atomic E-state index is 5.13. The normalized spacial score (nSPS) is 15.1. The number of methoxy groups -OCH3 is 1. The Balaban J connectivity index is 3.83. The summed E-state index contributed by atoms with van der Waals surface area (Å²) < 4.78 is 5.13. The number of ether oxygens (including phenoxy) is 1. The zero-order chi connectivity index (χ0) is 11.0. The monoisotopic (exact) mass is 199 g/mol. The van der Waals surface area contributed by atoms with Crippen molar-refractivity contribution in [2.24, 2.45) is 5.92 Å². The highest BCUT2D eigenvalue weighted by Crippen LogP contribution is 2.14. The average Bonchev–Trinajstić information content (AvgIpc) is 2.16. The van der Waals surface area contributed by atoms with Crippen LogP contribution >= 0.6 is 0 Å². The molecule has 0 radical (unpaired) electrons. The summed E-state index contributed by atoms with van der Waals surface area (Å²) in [5.41, 5.74) is 1.33. The fraction of sp³-hybridized carbons (Fsp3) is 0.833. The second-order valence-electron chi connectivity index (χ2n) is 4.09. The third kappa shape index (κ3) is 6.17. The highest BCUT2D eigenvalue weighted by Gasteiger charge is 2.11. The third-order valence-electron chi connectivity index (χ3n) is 2.58. The SMILES string of the molecule is C=C(CC)CC(CC(C)COC)NC. The molecule has 0 aromatic heterocycles. The smallest absolute Gasteiger partial charge is 0.0488 e. The molecule has 0 amide bonds. The van der Waals surface area contributed by atoms with Crippen LogP contribution in [0.5, 0.6) is 0 Å². The van der Waals surface area contributed by atoms with Gasteiger partial charge in [0.25, 0.3) is 0 Å². The lowest BCUT2D eigenvalue weighted by Crippen LogP contribution is -2.28. The van der Waals surface area contributed by atoms with E-state index in [4.69, 9.17) is 4.74 Å². The summed E-state index contributed by atoms with van der Waals surface area (Å²) in [5.74, 6) is 0.613. The molecular weight excluding hydrogens is 174 g/mol. The van der Waals surface area contributed by atoms with Crippen molar-refractivity contribution in [1.82, 2.24) is 5.32 Å². The molecule has 0 bridgehead atoms. The number of rotatable bonds is 8. The Morgan fingerprint density at radius 3 is 2.57 bits per heavy atom. The van der Waals surface area contributed by atoms with Crippen LogP contribution in [0.4, 0.5) is 0 Å². The third-order valence-corrected chi connectivity index (χ3v) is 2.58. The molecule has 14 heavy (non-hydrogen) atoms. The second kappa shape index (κ2) is 8.01. The first kappa shape index (κ1) is 13.7. The minimum Gasteiger partial charge on any atom is -0.384 e. The van der Waals surface area contributed by atoms with Gasteiger partial charge in [0.15, 0.2) is 0 Å². The van der Waals surface area contributed by atoms with E-state index in [0.717, 1.165) is 25.9 Å². The van der Waals surface area contributed by atoms with Gasteiger partial charge in [-0.25, -0.2) is 0 Å². The van der Waals surface area contributed by atoms with Crippen LogP contribution in [0, 0.1) is 5.92 Å². The highest BCUT2D eigenvalue weighted by molar-refractivity contribution is 4.96. The number of nitrogens with one attached hydrogen (secondary N) is 1. The van der Waals surface area contributed by atoms with Crippen molar-refractivity contribution in [1.29, 1.82) is 0 Å². The Morgan fingerprint density at radius 2 is 2.14 bits per heavy atom. The molecule has 0 aromatic rings. The van der Waals surface area contributed by atoms with E-state index in [1.54, 1.807) is 7.11 Å². The summed E-state index contributed by atoms with van der Waals surface area (Å²) >= 11 is 0. The fourth-order valence-corrected chi connectivity index (χ4v) is 1.63. The molecule has 0 aromatic carbocycles. The molecule has 0 aliphatic carbocycles. The summed E-state index contributed by atoms with van der Waals surface area (Å²) in [5, 5.41) is 3.34. The quantitative estimate of drug-likeness (QED) is 0.607. The second-order valence-corrected chi connectivity index (χ2v) is 4.09. The van der Waals surface area contributed by atoms with E-state index >= 15 is 0 Å². The van der Waals surface area contributed by atoms with Crippen LogP contribution in [0.25, 0.3) is 0 Å². The lowest BCUT2D eigenvalue weighted by molar-refractivity contribution is 0.150. The molecule has 0 heterocycles. The summed E-state index contributed by atoms with van der Waals surface area (Å²) in [6, 6.07) is 0.549. The first-order valence-electron chi connectivity index (χ1n) is 5.46. The van der Waals surface area contributed by atoms with Crippen molar-refractivity contribution < 1.29 is 4.74 Å². The van der Waals surface area contributed by atoms with Crippen molar-refractivity contribution in [2.75, 3.05) is 20.8 Å². The van der Waals surface area contributed by atoms with Crippen LogP contribution in [-0.4, -0.2) is 26.8 Å². The molecule has 1 N–H and O–H groups in total. The van der Waals surface area contributed by atoms with Gasteiger partial charge in [-0.2, -0.15) is 0 Å². The fourth-order valence-electron chi connectivity index (χ4n) is 1.63. The van der Waals surface area contributed by atoms with Crippen LogP contribution < -0.4 is 5.32 Å². The molecule has 0 aliphatic heterocycles. The average molecular weight is 199 g/mol. The standard InChI is InChI=1S/C12H25NO/c1-6-10(2)7-12(13-4)8-11(3)9-14-5/h11-13H,2,6-9H2,1,3-5H3. The van der Waals surface area contributed by atoms with Crippen molar-refractivity contribution in [3.05, 3.63) is 12.2 Å². The zero-order valence-corrected chi connectivity index (χ0v) is 10.1. The molecule has 2 heteroatoms. The van der Waals surface area contributed by atoms with Crippen molar-refractivity contribution in [3.8, 4) is 0 Å². The largest absolute Gasteiger partial charge is 0.384 e. The first-order valence-corrected chi connectivity index (χ1v) is 5.46. The van der Waals surface area contributed by atoms with E-state index < -0.39 is 0 Å². The van der Waals surface area contributed by atoms with E-state index in [2.05, 4.69) is 25.7 Å². The van der Waals surface area contributed by atoms with Crippen molar-refractivity contribution >= 4 is 0 Å². The Kier molecular flexibility index (Phi) is 7.81. The van der Waals surface area contributed by atoms with Gasteiger partial charge in [0.05, 0.1) is 0 Å². The molecule has 84 valence electrons. The molecular formula is C12H25NO. The summed E-state index contributed by atoms with van der Waals surface area (Å²) in [6.45, 7) is 9.27. The Bertz CT molecular complexity index is 156. The van der Waals surface area contributed by atoms with Gasteiger partial charge in [-0.15, -0.1) is 0 Å². The van der Waals surface area contributed by atoms with Gasteiger partial charge < -0.3 is 10.1 Å². The Labute approximate surface area is 88.7 Å². The van der Waals surface area contributed by atoms with E-state index in [0.29, 0.717) is 12.0 Å². The van der Waals surface area contributed by atoms with E-state index in [1.807, 2.05) is 7.05 Å². The predicted molar refractivity (Wildman–Crippen MR) is 62.6 cm³/mol. The maximum Gasteiger partial charge on any atom is 0.0488 e.